The van der Waals surface area contributed by atoms with Crippen LogP contribution in [-0.2, 0) is 7.05 Å². The van der Waals surface area contributed by atoms with Gasteiger partial charge in [-0.1, -0.05) is 0 Å². The normalized spacial score (nSPS) is 10.9. The smallest absolute Gasteiger partial charge is 0.229 e. The number of methoxy groups -OCH3 is 2. The first kappa shape index (κ1) is 17.6. The van der Waals surface area contributed by atoms with Crippen molar-refractivity contribution >= 4 is 22.8 Å². The Morgan fingerprint density at radius 1 is 1.04 bits per heavy atom. The zero-order valence-corrected chi connectivity index (χ0v) is 15.3. The first-order valence-corrected chi connectivity index (χ1v) is 8.24. The van der Waals surface area contributed by atoms with Gasteiger partial charge in [-0.3, -0.25) is 4.68 Å². The van der Waals surface area contributed by atoms with E-state index in [2.05, 4.69) is 30.4 Å². The summed E-state index contributed by atoms with van der Waals surface area (Å²) in [5.74, 6) is 0.0584. The van der Waals surface area contributed by atoms with Crippen molar-refractivity contribution in [1.29, 1.82) is 0 Å². The second-order valence-electron chi connectivity index (χ2n) is 5.88. The Hall–Kier alpha value is -3.82. The van der Waals surface area contributed by atoms with Gasteiger partial charge in [0.1, 0.15) is 11.3 Å². The van der Waals surface area contributed by atoms with Gasteiger partial charge < -0.3 is 14.8 Å². The van der Waals surface area contributed by atoms with Gasteiger partial charge in [0.15, 0.2) is 17.2 Å². The molecule has 10 heteroatoms. The zero-order chi connectivity index (χ0) is 19.7. The summed E-state index contributed by atoms with van der Waals surface area (Å²) >= 11 is 0. The molecule has 0 aliphatic rings. The average Bonchev–Trinajstić information content (AvgIpc) is 3.15. The van der Waals surface area contributed by atoms with E-state index in [4.69, 9.17) is 9.47 Å². The molecule has 0 aliphatic heterocycles. The number of aromatic nitrogens is 6. The van der Waals surface area contributed by atoms with Crippen LogP contribution in [0.15, 0.2) is 36.9 Å². The zero-order valence-electron chi connectivity index (χ0n) is 15.3. The van der Waals surface area contributed by atoms with Crippen molar-refractivity contribution in [3.63, 3.8) is 0 Å². The quantitative estimate of drug-likeness (QED) is 0.563. The van der Waals surface area contributed by atoms with Gasteiger partial charge in [0.25, 0.3) is 0 Å². The van der Waals surface area contributed by atoms with Gasteiger partial charge in [-0.2, -0.15) is 10.1 Å². The van der Waals surface area contributed by atoms with Crippen molar-refractivity contribution < 1.29 is 13.9 Å². The number of nitrogens with zero attached hydrogens (tertiary/aromatic N) is 6. The van der Waals surface area contributed by atoms with E-state index in [1.807, 2.05) is 13.2 Å². The maximum atomic E-state index is 14.5. The van der Waals surface area contributed by atoms with Crippen LogP contribution in [0.2, 0.25) is 0 Å². The molecule has 0 atom stereocenters. The van der Waals surface area contributed by atoms with Gasteiger partial charge in [0.05, 0.1) is 44.2 Å². The Balaban J connectivity index is 1.72. The van der Waals surface area contributed by atoms with E-state index >= 15 is 0 Å². The number of ether oxygens (including phenoxy) is 2. The van der Waals surface area contributed by atoms with Crippen molar-refractivity contribution in [3.8, 4) is 22.8 Å². The molecule has 3 aromatic heterocycles. The molecule has 0 saturated heterocycles. The highest BCUT2D eigenvalue weighted by molar-refractivity contribution is 5.74. The number of fused-ring (bicyclic) bond motifs is 1. The molecule has 0 unspecified atom stereocenters. The largest absolute Gasteiger partial charge is 0.497 e. The lowest BCUT2D eigenvalue weighted by Gasteiger charge is -2.11. The van der Waals surface area contributed by atoms with Crippen LogP contribution in [0.5, 0.6) is 11.5 Å². The number of anilines is 2. The molecule has 0 saturated carbocycles. The SMILES string of the molecule is COc1cc(Nc2ncc3ncc(-c4cnn(C)c4)nc3n2)c(F)c(OC)c1. The molecule has 0 spiro atoms. The third-order valence-electron chi connectivity index (χ3n) is 4.02. The standard InChI is InChI=1S/C18H16FN7O2/c1-26-9-10(6-22-26)13-7-20-14-8-21-18(25-17(14)23-13)24-12-4-11(27-2)5-15(28-3)16(12)19/h4-9H,1-3H3,(H,21,23,24,25). The van der Waals surface area contributed by atoms with Crippen LogP contribution in [0.25, 0.3) is 22.4 Å². The molecule has 0 aliphatic carbocycles. The average molecular weight is 381 g/mol. The Labute approximate surface area is 159 Å². The molecule has 4 aromatic rings. The molecule has 0 bridgehead atoms. The first-order chi connectivity index (χ1) is 13.6. The monoisotopic (exact) mass is 381 g/mol. The Morgan fingerprint density at radius 2 is 1.89 bits per heavy atom. The van der Waals surface area contributed by atoms with Gasteiger partial charge in [0.2, 0.25) is 5.95 Å². The lowest BCUT2D eigenvalue weighted by atomic mass is 10.2. The number of benzene rings is 1. The van der Waals surface area contributed by atoms with Crippen LogP contribution in [0.4, 0.5) is 16.0 Å². The van der Waals surface area contributed by atoms with Crippen LogP contribution in [0.3, 0.4) is 0 Å². The molecule has 0 radical (unpaired) electrons. The van der Waals surface area contributed by atoms with E-state index in [0.29, 0.717) is 22.6 Å². The lowest BCUT2D eigenvalue weighted by Crippen LogP contribution is -2.03. The maximum Gasteiger partial charge on any atom is 0.229 e. The summed E-state index contributed by atoms with van der Waals surface area (Å²) in [4.78, 5) is 17.3. The third kappa shape index (κ3) is 3.27. The second-order valence-corrected chi connectivity index (χ2v) is 5.88. The molecule has 1 N–H and O–H groups in total. The van der Waals surface area contributed by atoms with Crippen LogP contribution >= 0.6 is 0 Å². The summed E-state index contributed by atoms with van der Waals surface area (Å²) in [7, 11) is 4.68. The molecule has 0 amide bonds. The number of rotatable bonds is 5. The predicted molar refractivity (Wildman–Crippen MR) is 100 cm³/mol. The van der Waals surface area contributed by atoms with E-state index in [9.17, 15) is 4.39 Å². The van der Waals surface area contributed by atoms with E-state index in [0.717, 1.165) is 5.56 Å². The molecular weight excluding hydrogens is 365 g/mol. The molecule has 9 nitrogen and oxygen atoms in total. The van der Waals surface area contributed by atoms with Gasteiger partial charge in [-0.05, 0) is 0 Å². The van der Waals surface area contributed by atoms with Crippen molar-refractivity contribution in [2.45, 2.75) is 0 Å². The second kappa shape index (κ2) is 7.06. The summed E-state index contributed by atoms with van der Waals surface area (Å²) in [5, 5.41) is 6.96. The van der Waals surface area contributed by atoms with E-state index in [1.165, 1.54) is 32.5 Å². The van der Waals surface area contributed by atoms with Gasteiger partial charge >= 0.3 is 0 Å². The highest BCUT2D eigenvalue weighted by Crippen LogP contribution is 2.32. The highest BCUT2D eigenvalue weighted by Gasteiger charge is 2.14. The molecule has 28 heavy (non-hydrogen) atoms. The number of hydrogen-bond acceptors (Lipinski definition) is 8. The number of nitrogens with one attached hydrogen (secondary N) is 1. The summed E-state index contributed by atoms with van der Waals surface area (Å²) < 4.78 is 26.4. The van der Waals surface area contributed by atoms with Crippen LogP contribution in [0, 0.1) is 5.82 Å². The molecular formula is C18H16FN7O2. The fourth-order valence-corrected chi connectivity index (χ4v) is 2.62. The van der Waals surface area contributed by atoms with Crippen molar-refractivity contribution in [2.75, 3.05) is 19.5 Å². The molecule has 4 rings (SSSR count). The topological polar surface area (TPSA) is 99.9 Å². The summed E-state index contributed by atoms with van der Waals surface area (Å²) in [5.41, 5.74) is 2.44. The van der Waals surface area contributed by atoms with Crippen LogP contribution < -0.4 is 14.8 Å². The molecule has 0 fully saturated rings. The molecule has 3 heterocycles. The number of halogens is 1. The van der Waals surface area contributed by atoms with Gasteiger partial charge in [-0.25, -0.2) is 19.3 Å². The predicted octanol–water partition coefficient (Wildman–Crippen LogP) is 2.72. The first-order valence-electron chi connectivity index (χ1n) is 8.24. The molecule has 142 valence electrons. The minimum absolute atomic E-state index is 0.0429. The fraction of sp³-hybridized carbons (Fsp3) is 0.167. The van der Waals surface area contributed by atoms with E-state index in [-0.39, 0.29) is 17.4 Å². The van der Waals surface area contributed by atoms with E-state index < -0.39 is 5.82 Å². The number of aryl methyl sites for hydroxylation is 1. The van der Waals surface area contributed by atoms with Crippen molar-refractivity contribution in [1.82, 2.24) is 29.7 Å². The Bertz CT molecular complexity index is 1160. The summed E-state index contributed by atoms with van der Waals surface area (Å²) in [6.07, 6.45) is 6.66. The van der Waals surface area contributed by atoms with Gasteiger partial charge in [0, 0.05) is 30.9 Å². The highest BCUT2D eigenvalue weighted by atomic mass is 19.1. The van der Waals surface area contributed by atoms with Crippen LogP contribution in [-0.4, -0.2) is 43.9 Å². The van der Waals surface area contributed by atoms with Crippen LogP contribution in [0.1, 0.15) is 0 Å². The Kier molecular flexibility index (Phi) is 4.44. The minimum Gasteiger partial charge on any atom is -0.497 e. The summed E-state index contributed by atoms with van der Waals surface area (Å²) in [6, 6.07) is 2.94. The van der Waals surface area contributed by atoms with Crippen molar-refractivity contribution in [2.24, 2.45) is 7.05 Å². The third-order valence-corrected chi connectivity index (χ3v) is 4.02. The molecule has 1 aromatic carbocycles. The fourth-order valence-electron chi connectivity index (χ4n) is 2.62. The lowest BCUT2D eigenvalue weighted by molar-refractivity contribution is 0.375. The summed E-state index contributed by atoms with van der Waals surface area (Å²) in [6.45, 7) is 0. The van der Waals surface area contributed by atoms with E-state index in [1.54, 1.807) is 17.1 Å². The Morgan fingerprint density at radius 3 is 2.61 bits per heavy atom. The number of hydrogen-bond donors (Lipinski definition) is 1. The van der Waals surface area contributed by atoms with Crippen molar-refractivity contribution in [3.05, 3.63) is 42.7 Å². The minimum atomic E-state index is -0.581. The van der Waals surface area contributed by atoms with Gasteiger partial charge in [-0.15, -0.1) is 0 Å². The maximum absolute atomic E-state index is 14.5.